The van der Waals surface area contributed by atoms with Crippen LogP contribution in [-0.2, 0) is 16.0 Å². The number of carboxylic acid groups (broad SMARTS) is 1. The number of aliphatic carboxylic acids is 1. The zero-order valence-electron chi connectivity index (χ0n) is 27.9. The highest BCUT2D eigenvalue weighted by molar-refractivity contribution is 6.33. The number of hydrogen-bond acceptors (Lipinski definition) is 10. The molecule has 4 atom stereocenters. The summed E-state index contributed by atoms with van der Waals surface area (Å²) in [6, 6.07) is 1.84. The number of fused-ring (bicyclic) bond motifs is 8. The monoisotopic (exact) mass is 753 g/mol. The van der Waals surface area contributed by atoms with Crippen LogP contribution >= 0.6 is 11.6 Å². The van der Waals surface area contributed by atoms with E-state index in [1.54, 1.807) is 12.4 Å². The molecular weight excluding hydrogens is 717 g/mol. The predicted octanol–water partition coefficient (Wildman–Crippen LogP) is 5.49. The lowest BCUT2D eigenvalue weighted by molar-refractivity contribution is -0.192. The van der Waals surface area contributed by atoms with Crippen molar-refractivity contribution < 1.29 is 46.4 Å². The van der Waals surface area contributed by atoms with Crippen molar-refractivity contribution in [1.29, 1.82) is 0 Å². The number of rotatable bonds is 3. The summed E-state index contributed by atoms with van der Waals surface area (Å²) < 4.78 is 75.5. The molecule has 18 heteroatoms. The number of aromatic amines is 1. The maximum atomic E-state index is 17.0. The van der Waals surface area contributed by atoms with Gasteiger partial charge >= 0.3 is 18.2 Å². The summed E-state index contributed by atoms with van der Waals surface area (Å²) in [6.45, 7) is 3.40. The fourth-order valence-electron chi connectivity index (χ4n) is 7.99. The highest BCUT2D eigenvalue weighted by atomic mass is 35.5. The van der Waals surface area contributed by atoms with E-state index in [0.29, 0.717) is 84.8 Å². The molecule has 0 amide bonds. The maximum absolute atomic E-state index is 17.0. The first-order chi connectivity index (χ1) is 24.8. The minimum Gasteiger partial charge on any atom is -0.475 e. The van der Waals surface area contributed by atoms with E-state index in [1.807, 2.05) is 11.0 Å². The molecule has 8 heterocycles. The lowest BCUT2D eigenvalue weighted by Crippen LogP contribution is -2.45. The fourth-order valence-corrected chi connectivity index (χ4v) is 8.29. The number of halogens is 6. The van der Waals surface area contributed by atoms with Gasteiger partial charge in [-0.25, -0.2) is 13.6 Å². The third-order valence-corrected chi connectivity index (χ3v) is 10.6. The Labute approximate surface area is 299 Å². The molecule has 3 N–H and O–H groups in total. The molecular formula is C34H37ClF5N7O5. The fraction of sp³-hybridized carbons (Fsp3) is 0.559. The average Bonchev–Trinajstić information content (AvgIpc) is 3.79. The Morgan fingerprint density at radius 2 is 1.96 bits per heavy atom. The summed E-state index contributed by atoms with van der Waals surface area (Å²) in [5.74, 6) is -2.86. The number of benzene rings is 1. The van der Waals surface area contributed by atoms with Gasteiger partial charge in [0.25, 0.3) is 0 Å². The van der Waals surface area contributed by atoms with Gasteiger partial charge in [-0.2, -0.15) is 28.2 Å². The van der Waals surface area contributed by atoms with Gasteiger partial charge in [-0.3, -0.25) is 15.0 Å². The molecule has 0 radical (unpaired) electrons. The zero-order valence-corrected chi connectivity index (χ0v) is 28.7. The molecule has 4 aromatic rings. The van der Waals surface area contributed by atoms with Crippen LogP contribution in [0.4, 0.5) is 27.8 Å². The number of aromatic nitrogens is 5. The Bertz CT molecular complexity index is 1970. The molecule has 0 unspecified atom stereocenters. The number of alkyl halides is 4. The van der Waals surface area contributed by atoms with Gasteiger partial charge < -0.3 is 24.6 Å². The van der Waals surface area contributed by atoms with Crippen molar-refractivity contribution >= 4 is 45.2 Å². The van der Waals surface area contributed by atoms with Gasteiger partial charge in [0.15, 0.2) is 5.82 Å². The lowest BCUT2D eigenvalue weighted by Gasteiger charge is -2.37. The first-order valence-corrected chi connectivity index (χ1v) is 17.5. The van der Waals surface area contributed by atoms with E-state index >= 15 is 4.39 Å². The van der Waals surface area contributed by atoms with Crippen LogP contribution in [0.25, 0.3) is 33.1 Å². The Morgan fingerprint density at radius 3 is 2.75 bits per heavy atom. The van der Waals surface area contributed by atoms with E-state index in [0.717, 1.165) is 37.8 Å². The smallest absolute Gasteiger partial charge is 0.475 e. The molecule has 3 fully saturated rings. The number of pyridine rings is 1. The van der Waals surface area contributed by atoms with Gasteiger partial charge in [-0.1, -0.05) is 11.6 Å². The van der Waals surface area contributed by atoms with Crippen molar-refractivity contribution in [2.75, 3.05) is 50.9 Å². The van der Waals surface area contributed by atoms with Crippen LogP contribution in [0.2, 0.25) is 5.02 Å². The lowest BCUT2D eigenvalue weighted by atomic mass is 9.94. The molecule has 5 aliphatic heterocycles. The highest BCUT2D eigenvalue weighted by Crippen LogP contribution is 2.42. The molecule has 3 aromatic heterocycles. The van der Waals surface area contributed by atoms with Crippen LogP contribution in [0.1, 0.15) is 44.1 Å². The predicted molar refractivity (Wildman–Crippen MR) is 180 cm³/mol. The minimum absolute atomic E-state index is 0.0193. The van der Waals surface area contributed by atoms with Crippen molar-refractivity contribution in [2.45, 2.75) is 68.9 Å². The molecule has 6 bridgehead atoms. The van der Waals surface area contributed by atoms with Crippen LogP contribution < -0.4 is 9.64 Å². The van der Waals surface area contributed by atoms with Gasteiger partial charge in [0.2, 0.25) is 0 Å². The van der Waals surface area contributed by atoms with Crippen LogP contribution in [-0.4, -0.2) is 116 Å². The quantitative estimate of drug-likeness (QED) is 0.228. The first kappa shape index (κ1) is 36.4. The maximum Gasteiger partial charge on any atom is 0.490 e. The van der Waals surface area contributed by atoms with E-state index in [2.05, 4.69) is 25.1 Å². The number of aliphatic hydroxyl groups is 1. The summed E-state index contributed by atoms with van der Waals surface area (Å²) in [4.78, 5) is 27.1. The Balaban J connectivity index is 0.000000548. The molecule has 0 saturated carbocycles. The van der Waals surface area contributed by atoms with Crippen LogP contribution in [0.5, 0.6) is 6.01 Å². The zero-order chi connectivity index (χ0) is 36.8. The Hall–Kier alpha value is -3.93. The van der Waals surface area contributed by atoms with Crippen molar-refractivity contribution in [3.8, 4) is 17.3 Å². The number of hydrogen-bond donors (Lipinski definition) is 3. The minimum atomic E-state index is -5.08. The third-order valence-electron chi connectivity index (χ3n) is 10.3. The van der Waals surface area contributed by atoms with Gasteiger partial charge in [-0.05, 0) is 56.7 Å². The number of aliphatic hydroxyl groups excluding tert-OH is 1. The summed E-state index contributed by atoms with van der Waals surface area (Å²) in [5.41, 5.74) is 1.83. The molecule has 0 aliphatic carbocycles. The molecule has 1 aromatic carbocycles. The number of nitrogens with one attached hydrogen (secondary N) is 1. The number of H-pyrrole nitrogens is 1. The number of carboxylic acids is 1. The number of anilines is 1. The number of piperidine rings is 1. The highest BCUT2D eigenvalue weighted by Gasteiger charge is 2.49. The van der Waals surface area contributed by atoms with Crippen molar-refractivity contribution in [2.24, 2.45) is 5.92 Å². The van der Waals surface area contributed by atoms with Gasteiger partial charge in [0, 0.05) is 60.7 Å². The average molecular weight is 754 g/mol. The summed E-state index contributed by atoms with van der Waals surface area (Å²) in [7, 11) is 0. The van der Waals surface area contributed by atoms with Crippen molar-refractivity contribution in [3.05, 3.63) is 34.9 Å². The van der Waals surface area contributed by atoms with Crippen molar-refractivity contribution in [3.63, 3.8) is 0 Å². The van der Waals surface area contributed by atoms with Gasteiger partial charge in [0.05, 0.1) is 35.3 Å². The first-order valence-electron chi connectivity index (χ1n) is 17.2. The molecule has 0 spiro atoms. The molecule has 280 valence electrons. The van der Waals surface area contributed by atoms with E-state index in [-0.39, 0.29) is 29.7 Å². The molecule has 9 rings (SSSR count). The second kappa shape index (κ2) is 14.5. The van der Waals surface area contributed by atoms with E-state index in [1.165, 1.54) is 0 Å². The largest absolute Gasteiger partial charge is 0.490 e. The van der Waals surface area contributed by atoms with Crippen LogP contribution in [0.3, 0.4) is 0 Å². The van der Waals surface area contributed by atoms with Crippen molar-refractivity contribution in [1.82, 2.24) is 30.0 Å². The second-order valence-electron chi connectivity index (χ2n) is 13.9. The number of nitrogens with zero attached hydrogens (tertiary/aromatic N) is 6. The summed E-state index contributed by atoms with van der Waals surface area (Å²) in [5, 5.41) is 26.8. The van der Waals surface area contributed by atoms with E-state index in [9.17, 15) is 22.7 Å². The molecule has 5 aliphatic rings. The number of carbonyl (C=O) groups is 1. The SMILES string of the molecule is O=C(O)C(F)(F)F.O[C@H]1C[C@H]2COCCCCc3c(Cl)cc4[nH]ncc4c3-c3ncc4c(nc(OC[C@@]56CCCN5C[C@H](F)C6)nc4c3F)N(C1)C2. The van der Waals surface area contributed by atoms with Gasteiger partial charge in [-0.15, -0.1) is 0 Å². The molecule has 12 nitrogen and oxygen atoms in total. The Kier molecular flexibility index (Phi) is 10.1. The van der Waals surface area contributed by atoms with E-state index < -0.39 is 35.8 Å². The standard InChI is InChI=1S/C32H36ClF2N7O3.C2HF3O2/c33-24-9-25-22(12-37-40-25)26-21(24)4-1-2-7-44-16-18-8-20(43)15-41(13-18)30-23-11-36-29(26)27(35)28(23)38-31(39-30)45-17-32-5-3-6-42(32)14-19(34)10-32;3-2(4,5)1(6)7/h9,11-12,18-20,43H,1-8,10,13-17H2,(H,37,40);(H,6,7)/t18-,19-,20+,32+;/m1./s1. The molecule has 52 heavy (non-hydrogen) atoms. The van der Waals surface area contributed by atoms with Crippen LogP contribution in [0, 0.1) is 11.7 Å². The molecule has 3 saturated heterocycles. The number of ether oxygens (including phenoxy) is 2. The van der Waals surface area contributed by atoms with Gasteiger partial charge in [0.1, 0.15) is 29.8 Å². The van der Waals surface area contributed by atoms with E-state index in [4.69, 9.17) is 36.0 Å². The van der Waals surface area contributed by atoms with Crippen LogP contribution in [0.15, 0.2) is 18.5 Å². The topological polar surface area (TPSA) is 150 Å². The second-order valence-corrected chi connectivity index (χ2v) is 14.3. The normalized spacial score (nSPS) is 25.3. The Morgan fingerprint density at radius 1 is 1.15 bits per heavy atom. The summed E-state index contributed by atoms with van der Waals surface area (Å²) >= 11 is 6.81. The third kappa shape index (κ3) is 7.19. The summed E-state index contributed by atoms with van der Waals surface area (Å²) in [6.07, 6.45) is 1.67.